The first kappa shape index (κ1) is 16.9. The second kappa shape index (κ2) is 7.58. The summed E-state index contributed by atoms with van der Waals surface area (Å²) in [5.74, 6) is -5.07. The standard InChI is InChI=1S/C14H12O8/c1-2-11(15)21-5-6-22-14(20)9-4-3-8(12(16)17)7-10(9)13(18)19/h2-4,7H,1,5-6H2,(H,16,17)(H,18,19)/p-2. The van der Waals surface area contributed by atoms with Crippen molar-refractivity contribution in [3.05, 3.63) is 47.5 Å². The van der Waals surface area contributed by atoms with Crippen molar-refractivity contribution in [3.8, 4) is 0 Å². The number of hydrogen-bond acceptors (Lipinski definition) is 8. The van der Waals surface area contributed by atoms with Crippen molar-refractivity contribution in [1.29, 1.82) is 0 Å². The number of carboxylic acid groups (broad SMARTS) is 2. The van der Waals surface area contributed by atoms with Crippen LogP contribution in [0.1, 0.15) is 31.1 Å². The Morgan fingerprint density at radius 1 is 1.00 bits per heavy atom. The number of rotatable bonds is 7. The van der Waals surface area contributed by atoms with Gasteiger partial charge in [0.2, 0.25) is 0 Å². The molecular formula is C14H10O8-2. The van der Waals surface area contributed by atoms with Crippen molar-refractivity contribution in [2.75, 3.05) is 13.2 Å². The molecule has 0 fully saturated rings. The highest BCUT2D eigenvalue weighted by molar-refractivity contribution is 6.03. The maximum absolute atomic E-state index is 11.7. The van der Waals surface area contributed by atoms with Gasteiger partial charge in [-0.1, -0.05) is 12.6 Å². The molecule has 0 saturated carbocycles. The van der Waals surface area contributed by atoms with Crippen LogP contribution in [0.3, 0.4) is 0 Å². The maximum atomic E-state index is 11.7. The van der Waals surface area contributed by atoms with Gasteiger partial charge in [0.15, 0.2) is 0 Å². The molecule has 0 spiro atoms. The zero-order chi connectivity index (χ0) is 16.7. The number of hydrogen-bond donors (Lipinski definition) is 0. The van der Waals surface area contributed by atoms with Crippen molar-refractivity contribution in [1.82, 2.24) is 0 Å². The molecular weight excluding hydrogens is 296 g/mol. The first-order chi connectivity index (χ1) is 10.4. The third kappa shape index (κ3) is 4.44. The summed E-state index contributed by atoms with van der Waals surface area (Å²) in [5.41, 5.74) is -1.45. The Bertz CT molecular complexity index is 632. The summed E-state index contributed by atoms with van der Waals surface area (Å²) in [6.07, 6.45) is 0.925. The highest BCUT2D eigenvalue weighted by atomic mass is 16.6. The third-order valence-electron chi connectivity index (χ3n) is 2.42. The fourth-order valence-electron chi connectivity index (χ4n) is 1.43. The molecule has 0 radical (unpaired) electrons. The number of carboxylic acids is 2. The molecule has 22 heavy (non-hydrogen) atoms. The number of esters is 2. The molecule has 116 valence electrons. The Morgan fingerprint density at radius 3 is 2.18 bits per heavy atom. The fraction of sp³-hybridized carbons (Fsp3) is 0.143. The summed E-state index contributed by atoms with van der Waals surface area (Å²) in [6, 6.07) is 2.70. The van der Waals surface area contributed by atoms with Crippen LogP contribution < -0.4 is 10.2 Å². The molecule has 0 saturated heterocycles. The van der Waals surface area contributed by atoms with Crippen LogP contribution in [-0.2, 0) is 14.3 Å². The Morgan fingerprint density at radius 2 is 1.64 bits per heavy atom. The number of aromatic carboxylic acids is 2. The molecule has 0 aliphatic rings. The fourth-order valence-corrected chi connectivity index (χ4v) is 1.43. The summed E-state index contributed by atoms with van der Waals surface area (Å²) >= 11 is 0. The zero-order valence-corrected chi connectivity index (χ0v) is 11.2. The molecule has 0 N–H and O–H groups in total. The van der Waals surface area contributed by atoms with E-state index < -0.39 is 35.0 Å². The normalized spacial score (nSPS) is 9.64. The number of benzene rings is 1. The van der Waals surface area contributed by atoms with Gasteiger partial charge < -0.3 is 29.3 Å². The smallest absolute Gasteiger partial charge is 0.338 e. The molecule has 8 nitrogen and oxygen atoms in total. The minimum absolute atomic E-state index is 0.242. The SMILES string of the molecule is C=CC(=O)OCCOC(=O)c1ccc(C(=O)[O-])cc1C(=O)[O-]. The van der Waals surface area contributed by atoms with Crippen molar-refractivity contribution in [2.45, 2.75) is 0 Å². The van der Waals surface area contributed by atoms with Gasteiger partial charge in [-0.05, 0) is 17.7 Å². The molecule has 1 aromatic carbocycles. The summed E-state index contributed by atoms with van der Waals surface area (Å²) in [7, 11) is 0. The van der Waals surface area contributed by atoms with Crippen LogP contribution in [0.2, 0.25) is 0 Å². The second-order valence-electron chi connectivity index (χ2n) is 3.84. The lowest BCUT2D eigenvalue weighted by atomic mass is 10.0. The summed E-state index contributed by atoms with van der Waals surface area (Å²) in [6.45, 7) is 2.61. The number of carbonyl (C=O) groups is 4. The van der Waals surface area contributed by atoms with Crippen LogP contribution in [0, 0.1) is 0 Å². The van der Waals surface area contributed by atoms with E-state index in [0.29, 0.717) is 0 Å². The molecule has 0 aliphatic carbocycles. The van der Waals surface area contributed by atoms with Gasteiger partial charge in [0.25, 0.3) is 0 Å². The molecule has 0 heterocycles. The minimum Gasteiger partial charge on any atom is -0.545 e. The first-order valence-corrected chi connectivity index (χ1v) is 5.90. The predicted molar refractivity (Wildman–Crippen MR) is 66.5 cm³/mol. The van der Waals surface area contributed by atoms with Gasteiger partial charge in [0, 0.05) is 11.6 Å². The quantitative estimate of drug-likeness (QED) is 0.330. The number of carbonyl (C=O) groups excluding carboxylic acids is 4. The Labute approximate surface area is 124 Å². The van der Waals surface area contributed by atoms with Gasteiger partial charge in [-0.2, -0.15) is 0 Å². The highest BCUT2D eigenvalue weighted by Crippen LogP contribution is 2.13. The molecule has 0 unspecified atom stereocenters. The molecule has 0 aromatic heterocycles. The van der Waals surface area contributed by atoms with E-state index in [2.05, 4.69) is 11.3 Å². The molecule has 0 atom stereocenters. The largest absolute Gasteiger partial charge is 0.545 e. The second-order valence-corrected chi connectivity index (χ2v) is 3.84. The van der Waals surface area contributed by atoms with E-state index >= 15 is 0 Å². The maximum Gasteiger partial charge on any atom is 0.338 e. The van der Waals surface area contributed by atoms with E-state index in [1.807, 2.05) is 0 Å². The van der Waals surface area contributed by atoms with E-state index in [1.165, 1.54) is 0 Å². The lowest BCUT2D eigenvalue weighted by Crippen LogP contribution is -2.28. The van der Waals surface area contributed by atoms with Crippen molar-refractivity contribution < 1.29 is 38.9 Å². The first-order valence-electron chi connectivity index (χ1n) is 5.90. The lowest BCUT2D eigenvalue weighted by Gasteiger charge is -2.12. The summed E-state index contributed by atoms with van der Waals surface area (Å²) in [5, 5.41) is 21.6. The van der Waals surface area contributed by atoms with Crippen molar-refractivity contribution in [3.63, 3.8) is 0 Å². The molecule has 0 amide bonds. The van der Waals surface area contributed by atoms with Gasteiger partial charge in [-0.3, -0.25) is 0 Å². The van der Waals surface area contributed by atoms with Gasteiger partial charge >= 0.3 is 11.9 Å². The highest BCUT2D eigenvalue weighted by Gasteiger charge is 2.15. The van der Waals surface area contributed by atoms with Crippen LogP contribution in [0.4, 0.5) is 0 Å². The third-order valence-corrected chi connectivity index (χ3v) is 2.42. The molecule has 8 heteroatoms. The van der Waals surface area contributed by atoms with Crippen LogP contribution in [0.5, 0.6) is 0 Å². The molecule has 1 rings (SSSR count). The van der Waals surface area contributed by atoms with Gasteiger partial charge in [0.1, 0.15) is 13.2 Å². The minimum atomic E-state index is -1.74. The predicted octanol–water partition coefficient (Wildman–Crippen LogP) is -1.70. The van der Waals surface area contributed by atoms with Gasteiger partial charge in [0.05, 0.1) is 17.5 Å². The monoisotopic (exact) mass is 306 g/mol. The number of ether oxygens (including phenoxy) is 2. The topological polar surface area (TPSA) is 133 Å². The average molecular weight is 306 g/mol. The average Bonchev–Trinajstić information content (AvgIpc) is 2.50. The van der Waals surface area contributed by atoms with E-state index in [9.17, 15) is 29.4 Å². The van der Waals surface area contributed by atoms with Crippen LogP contribution in [0.15, 0.2) is 30.9 Å². The van der Waals surface area contributed by atoms with E-state index in [0.717, 1.165) is 24.3 Å². The van der Waals surface area contributed by atoms with Crippen molar-refractivity contribution in [2.24, 2.45) is 0 Å². The molecule has 0 bridgehead atoms. The van der Waals surface area contributed by atoms with Gasteiger partial charge in [-0.25, -0.2) is 9.59 Å². The van der Waals surface area contributed by atoms with E-state index in [1.54, 1.807) is 0 Å². The summed E-state index contributed by atoms with van der Waals surface area (Å²) in [4.78, 5) is 44.1. The van der Waals surface area contributed by atoms with Crippen LogP contribution >= 0.6 is 0 Å². The van der Waals surface area contributed by atoms with Crippen molar-refractivity contribution >= 4 is 23.9 Å². The van der Waals surface area contributed by atoms with Gasteiger partial charge in [-0.15, -0.1) is 0 Å². The Kier molecular flexibility index (Phi) is 5.82. The molecule has 1 aromatic rings. The Balaban J connectivity index is 2.80. The molecule has 0 aliphatic heterocycles. The lowest BCUT2D eigenvalue weighted by molar-refractivity contribution is -0.255. The van der Waals surface area contributed by atoms with E-state index in [4.69, 9.17) is 4.74 Å². The van der Waals surface area contributed by atoms with Crippen LogP contribution in [0.25, 0.3) is 0 Å². The van der Waals surface area contributed by atoms with Crippen LogP contribution in [-0.4, -0.2) is 37.1 Å². The summed E-state index contributed by atoms with van der Waals surface area (Å²) < 4.78 is 9.27. The van der Waals surface area contributed by atoms with E-state index in [-0.39, 0.29) is 18.8 Å². The zero-order valence-electron chi connectivity index (χ0n) is 11.2. The Hall–Kier alpha value is -3.16.